The maximum atomic E-state index is 13.6. The van der Waals surface area contributed by atoms with Crippen molar-refractivity contribution in [2.45, 2.75) is 32.1 Å². The Labute approximate surface area is 185 Å². The topological polar surface area (TPSA) is 89.5 Å². The Bertz CT molecular complexity index is 1260. The summed E-state index contributed by atoms with van der Waals surface area (Å²) in [4.78, 5) is 52.5. The molecule has 1 unspecified atom stereocenters. The molecule has 0 aliphatic carbocycles. The van der Waals surface area contributed by atoms with Crippen LogP contribution in [0.4, 0.5) is 23.7 Å². The van der Waals surface area contributed by atoms with Gasteiger partial charge in [0.2, 0.25) is 5.54 Å². The predicted octanol–water partition coefficient (Wildman–Crippen LogP) is 3.91. The molecule has 0 spiro atoms. The van der Waals surface area contributed by atoms with Gasteiger partial charge in [-0.1, -0.05) is 18.2 Å². The number of anilines is 1. The monoisotopic (exact) mass is 459 g/mol. The third-order valence-electron chi connectivity index (χ3n) is 5.59. The second kappa shape index (κ2) is 7.62. The summed E-state index contributed by atoms with van der Waals surface area (Å²) in [5.74, 6) is -3.42. The van der Waals surface area contributed by atoms with Gasteiger partial charge in [0.1, 0.15) is 0 Å². The van der Waals surface area contributed by atoms with Crippen molar-refractivity contribution >= 4 is 34.5 Å². The van der Waals surface area contributed by atoms with E-state index in [1.54, 1.807) is 24.3 Å². The number of hydrogen-bond acceptors (Lipinski definition) is 6. The maximum Gasteiger partial charge on any atom is 0.497 e. The van der Waals surface area contributed by atoms with Crippen LogP contribution in [-0.4, -0.2) is 44.2 Å². The number of aromatic nitrogens is 2. The van der Waals surface area contributed by atoms with Crippen molar-refractivity contribution < 1.29 is 37.0 Å². The number of alkyl halides is 3. The van der Waals surface area contributed by atoms with Crippen molar-refractivity contribution in [3.05, 3.63) is 66.6 Å². The van der Waals surface area contributed by atoms with Gasteiger partial charge in [0.15, 0.2) is 6.54 Å². The number of para-hydroxylation sites is 1. The average Bonchev–Trinajstić information content (AvgIpc) is 2.91. The number of rotatable bonds is 4. The maximum absolute atomic E-state index is 13.6. The van der Waals surface area contributed by atoms with Crippen LogP contribution in [-0.2, 0) is 21.0 Å². The fourth-order valence-corrected chi connectivity index (χ4v) is 3.71. The van der Waals surface area contributed by atoms with E-state index < -0.39 is 40.8 Å². The molecular weight excluding hydrogens is 441 g/mol. The van der Waals surface area contributed by atoms with Crippen LogP contribution in [0.1, 0.15) is 19.4 Å². The number of urea groups is 1. The van der Waals surface area contributed by atoms with Crippen molar-refractivity contribution in [2.75, 3.05) is 4.90 Å². The van der Waals surface area contributed by atoms with E-state index in [0.29, 0.717) is 21.4 Å². The SMILES string of the molecule is CC1(C)C(=O)N(c2cnc3ccccc3c2)C(=O)[N+]1(Cc1ccncc1)OC(=O)C(F)(F)F. The molecule has 11 heteroatoms. The number of hydrogen-bond donors (Lipinski definition) is 0. The molecule has 0 N–H and O–H groups in total. The predicted molar refractivity (Wildman–Crippen MR) is 109 cm³/mol. The number of fused-ring (bicyclic) bond motifs is 1. The second-order valence-corrected chi connectivity index (χ2v) is 8.00. The quantitative estimate of drug-likeness (QED) is 0.434. The highest BCUT2D eigenvalue weighted by Crippen LogP contribution is 2.42. The molecule has 3 heterocycles. The van der Waals surface area contributed by atoms with Crippen LogP contribution in [0.3, 0.4) is 0 Å². The lowest BCUT2D eigenvalue weighted by Gasteiger charge is -2.35. The number of quaternary nitrogens is 1. The molecule has 3 aromatic rings. The van der Waals surface area contributed by atoms with Crippen LogP contribution in [0.25, 0.3) is 10.9 Å². The lowest BCUT2D eigenvalue weighted by atomic mass is 10.0. The van der Waals surface area contributed by atoms with E-state index in [4.69, 9.17) is 4.84 Å². The fourth-order valence-electron chi connectivity index (χ4n) is 3.71. The molecule has 3 amide bonds. The van der Waals surface area contributed by atoms with Crippen LogP contribution >= 0.6 is 0 Å². The van der Waals surface area contributed by atoms with Crippen LogP contribution < -0.4 is 4.90 Å². The van der Waals surface area contributed by atoms with E-state index in [2.05, 4.69) is 9.97 Å². The number of hydroxylamine groups is 3. The van der Waals surface area contributed by atoms with Crippen LogP contribution in [0.15, 0.2) is 61.1 Å². The minimum Gasteiger partial charge on any atom is -0.266 e. The minimum atomic E-state index is -5.37. The number of carbonyl (C=O) groups is 3. The first-order chi connectivity index (χ1) is 15.5. The summed E-state index contributed by atoms with van der Waals surface area (Å²) >= 11 is 0. The summed E-state index contributed by atoms with van der Waals surface area (Å²) in [5, 5.41) is 0.611. The lowest BCUT2D eigenvalue weighted by molar-refractivity contribution is -1.06. The van der Waals surface area contributed by atoms with Gasteiger partial charge in [0.25, 0.3) is 0 Å². The van der Waals surface area contributed by atoms with Gasteiger partial charge in [0.05, 0.1) is 17.4 Å². The molecule has 170 valence electrons. The van der Waals surface area contributed by atoms with E-state index >= 15 is 0 Å². The smallest absolute Gasteiger partial charge is 0.266 e. The molecule has 1 aliphatic rings. The van der Waals surface area contributed by atoms with E-state index in [9.17, 15) is 27.6 Å². The van der Waals surface area contributed by atoms with Crippen molar-refractivity contribution in [2.24, 2.45) is 0 Å². The van der Waals surface area contributed by atoms with Gasteiger partial charge in [0, 0.05) is 37.2 Å². The number of pyridine rings is 2. The number of carbonyl (C=O) groups excluding carboxylic acids is 3. The molecule has 2 aromatic heterocycles. The Morgan fingerprint density at radius 1 is 1.12 bits per heavy atom. The molecule has 1 aromatic carbocycles. The zero-order chi connectivity index (χ0) is 24.0. The molecule has 1 aliphatic heterocycles. The molecular formula is C22H18F3N4O4+. The normalized spacial score (nSPS) is 20.3. The standard InChI is InChI=1S/C22H18F3N4O4/c1-21(2)18(30)28(16-11-15-5-3-4-6-17(15)27-12-16)20(32)29(21,33-19(31)22(23,24)25)13-14-7-9-26-10-8-14/h3-12H,13H2,1-2H3/q+1. The summed E-state index contributed by atoms with van der Waals surface area (Å²) in [7, 11) is 0. The van der Waals surface area contributed by atoms with E-state index in [1.807, 2.05) is 0 Å². The summed E-state index contributed by atoms with van der Waals surface area (Å²) in [6.07, 6.45) is -1.36. The first kappa shape index (κ1) is 22.3. The van der Waals surface area contributed by atoms with Gasteiger partial charge < -0.3 is 0 Å². The summed E-state index contributed by atoms with van der Waals surface area (Å²) in [5.41, 5.74) is -0.893. The Morgan fingerprint density at radius 2 is 1.79 bits per heavy atom. The molecule has 0 saturated carbocycles. The van der Waals surface area contributed by atoms with Crippen molar-refractivity contribution in [3.63, 3.8) is 0 Å². The van der Waals surface area contributed by atoms with Gasteiger partial charge in [-0.3, -0.25) is 19.6 Å². The molecule has 0 bridgehead atoms. The second-order valence-electron chi connectivity index (χ2n) is 8.00. The summed E-state index contributed by atoms with van der Waals surface area (Å²) in [6, 6.07) is 10.2. The zero-order valence-corrected chi connectivity index (χ0v) is 17.5. The first-order valence-electron chi connectivity index (χ1n) is 9.79. The average molecular weight is 459 g/mol. The van der Waals surface area contributed by atoms with Crippen molar-refractivity contribution in [1.82, 2.24) is 9.97 Å². The number of halogens is 3. The van der Waals surface area contributed by atoms with Gasteiger partial charge in [-0.05, 0) is 28.9 Å². The number of benzene rings is 1. The Morgan fingerprint density at radius 3 is 2.45 bits per heavy atom. The van der Waals surface area contributed by atoms with E-state index in [-0.39, 0.29) is 5.69 Å². The van der Waals surface area contributed by atoms with Crippen LogP contribution in [0.5, 0.6) is 0 Å². The molecule has 1 fully saturated rings. The molecule has 4 rings (SSSR count). The van der Waals surface area contributed by atoms with Gasteiger partial charge in [-0.2, -0.15) is 18.1 Å². The van der Waals surface area contributed by atoms with Gasteiger partial charge in [-0.15, -0.1) is 0 Å². The number of nitrogens with zero attached hydrogens (tertiary/aromatic N) is 4. The van der Waals surface area contributed by atoms with E-state index in [1.165, 1.54) is 50.6 Å². The third kappa shape index (κ3) is 3.59. The Balaban J connectivity index is 1.86. The van der Waals surface area contributed by atoms with Crippen molar-refractivity contribution in [3.8, 4) is 0 Å². The third-order valence-corrected chi connectivity index (χ3v) is 5.59. The molecule has 33 heavy (non-hydrogen) atoms. The summed E-state index contributed by atoms with van der Waals surface area (Å²) in [6.45, 7) is 2.00. The lowest BCUT2D eigenvalue weighted by Crippen LogP contribution is -2.62. The van der Waals surface area contributed by atoms with Crippen LogP contribution in [0.2, 0.25) is 0 Å². The molecule has 1 saturated heterocycles. The van der Waals surface area contributed by atoms with Gasteiger partial charge in [-0.25, -0.2) is 9.59 Å². The largest absolute Gasteiger partial charge is 0.497 e. The molecule has 0 radical (unpaired) electrons. The fraction of sp³-hybridized carbons (Fsp3) is 0.227. The number of imide groups is 1. The highest BCUT2D eigenvalue weighted by Gasteiger charge is 2.71. The van der Waals surface area contributed by atoms with Crippen LogP contribution in [0, 0.1) is 0 Å². The highest BCUT2D eigenvalue weighted by molar-refractivity contribution is 6.19. The Hall–Kier alpha value is -3.86. The molecule has 8 nitrogen and oxygen atoms in total. The zero-order valence-electron chi connectivity index (χ0n) is 17.5. The molecule has 1 atom stereocenters. The summed E-state index contributed by atoms with van der Waals surface area (Å²) < 4.78 is 38.0. The van der Waals surface area contributed by atoms with Crippen molar-refractivity contribution in [1.29, 1.82) is 0 Å². The van der Waals surface area contributed by atoms with E-state index in [0.717, 1.165) is 0 Å². The number of amides is 3. The Kier molecular flexibility index (Phi) is 5.16. The first-order valence-corrected chi connectivity index (χ1v) is 9.79. The van der Waals surface area contributed by atoms with Gasteiger partial charge >= 0.3 is 24.1 Å². The minimum absolute atomic E-state index is 0.0505. The highest BCUT2D eigenvalue weighted by atomic mass is 19.4.